The Kier molecular flexibility index (Phi) is 4.63. The second-order valence-electron chi connectivity index (χ2n) is 5.58. The summed E-state index contributed by atoms with van der Waals surface area (Å²) < 4.78 is 1.46. The summed E-state index contributed by atoms with van der Waals surface area (Å²) in [4.78, 5) is 26.5. The first-order valence-electron chi connectivity index (χ1n) is 7.64. The first-order valence-corrected chi connectivity index (χ1v) is 8.02. The van der Waals surface area contributed by atoms with E-state index in [1.165, 1.54) is 17.1 Å². The molecule has 3 rings (SSSR count). The molecule has 1 atom stereocenters. The Hall–Kier alpha value is -2.65. The third-order valence-electron chi connectivity index (χ3n) is 4.02. The number of aromatic nitrogens is 2. The number of para-hydroxylation sites is 1. The lowest BCUT2D eigenvalue weighted by Gasteiger charge is -2.17. The van der Waals surface area contributed by atoms with E-state index < -0.39 is 17.6 Å². The molecule has 1 unspecified atom stereocenters. The number of amides is 1. The number of hydrogen-bond acceptors (Lipinski definition) is 4. The number of Topliss-reactive ketones (excluding diaryl/α,β-unsaturated/α-hetero) is 1. The smallest absolute Gasteiger partial charge is 0.247 e. The van der Waals surface area contributed by atoms with Crippen molar-refractivity contribution in [1.82, 2.24) is 14.7 Å². The number of ketones is 1. The Balaban J connectivity index is 1.83. The molecule has 1 aliphatic heterocycles. The summed E-state index contributed by atoms with van der Waals surface area (Å²) in [6.45, 7) is 1.20. The van der Waals surface area contributed by atoms with Gasteiger partial charge in [0.1, 0.15) is 0 Å². The van der Waals surface area contributed by atoms with Gasteiger partial charge in [-0.15, -0.1) is 0 Å². The van der Waals surface area contributed by atoms with Gasteiger partial charge in [0.15, 0.2) is 11.7 Å². The average Bonchev–Trinajstić information content (AvgIpc) is 3.27. The number of halogens is 1. The minimum absolute atomic E-state index is 0.217. The molecule has 1 fully saturated rings. The summed E-state index contributed by atoms with van der Waals surface area (Å²) in [5.41, 5.74) is 0.839. The summed E-state index contributed by atoms with van der Waals surface area (Å²) in [6.07, 6.45) is 4.66. The van der Waals surface area contributed by atoms with Crippen LogP contribution >= 0.6 is 11.6 Å². The maximum atomic E-state index is 12.5. The minimum atomic E-state index is -1.33. The SMILES string of the molecule is N#CC(C(=O)c1cnn(-c2ccccc2Cl)c1)C(=O)N1CCCC1. The molecule has 0 bridgehead atoms. The topological polar surface area (TPSA) is 79.0 Å². The maximum Gasteiger partial charge on any atom is 0.247 e. The van der Waals surface area contributed by atoms with Gasteiger partial charge in [0, 0.05) is 19.3 Å². The zero-order chi connectivity index (χ0) is 17.1. The van der Waals surface area contributed by atoms with E-state index in [-0.39, 0.29) is 5.56 Å². The van der Waals surface area contributed by atoms with Crippen LogP contribution in [0.5, 0.6) is 0 Å². The van der Waals surface area contributed by atoms with Crippen LogP contribution in [-0.2, 0) is 4.79 Å². The van der Waals surface area contributed by atoms with Gasteiger partial charge in [-0.1, -0.05) is 23.7 Å². The maximum absolute atomic E-state index is 12.5. The summed E-state index contributed by atoms with van der Waals surface area (Å²) in [7, 11) is 0. The molecule has 2 aromatic rings. The highest BCUT2D eigenvalue weighted by Gasteiger charge is 2.33. The lowest BCUT2D eigenvalue weighted by molar-refractivity contribution is -0.131. The summed E-state index contributed by atoms with van der Waals surface area (Å²) in [5.74, 6) is -2.29. The molecule has 7 heteroatoms. The molecule has 1 amide bonds. The molecular formula is C17H15ClN4O2. The van der Waals surface area contributed by atoms with Crippen LogP contribution < -0.4 is 0 Å². The number of hydrogen-bond donors (Lipinski definition) is 0. The second-order valence-corrected chi connectivity index (χ2v) is 5.99. The molecule has 24 heavy (non-hydrogen) atoms. The van der Waals surface area contributed by atoms with E-state index in [4.69, 9.17) is 11.6 Å². The van der Waals surface area contributed by atoms with Crippen LogP contribution in [0.4, 0.5) is 0 Å². The lowest BCUT2D eigenvalue weighted by atomic mass is 10.00. The van der Waals surface area contributed by atoms with Crippen molar-refractivity contribution in [1.29, 1.82) is 5.26 Å². The summed E-state index contributed by atoms with van der Waals surface area (Å²) in [6, 6.07) is 8.91. The molecule has 6 nitrogen and oxygen atoms in total. The molecule has 0 aliphatic carbocycles. The van der Waals surface area contributed by atoms with Gasteiger partial charge in [0.25, 0.3) is 0 Å². The van der Waals surface area contributed by atoms with E-state index in [0.29, 0.717) is 23.8 Å². The van der Waals surface area contributed by atoms with E-state index in [9.17, 15) is 14.9 Å². The van der Waals surface area contributed by atoms with Gasteiger partial charge in [0.2, 0.25) is 5.91 Å². The Morgan fingerprint density at radius 3 is 2.62 bits per heavy atom. The Morgan fingerprint density at radius 2 is 1.96 bits per heavy atom. The number of nitrogens with zero attached hydrogens (tertiary/aromatic N) is 4. The van der Waals surface area contributed by atoms with Gasteiger partial charge in [-0.05, 0) is 25.0 Å². The molecule has 1 aromatic heterocycles. The van der Waals surface area contributed by atoms with Crippen molar-refractivity contribution in [3.63, 3.8) is 0 Å². The number of carbonyl (C=O) groups is 2. The van der Waals surface area contributed by atoms with Crippen molar-refractivity contribution >= 4 is 23.3 Å². The molecule has 122 valence electrons. The lowest BCUT2D eigenvalue weighted by Crippen LogP contribution is -2.37. The highest BCUT2D eigenvalue weighted by Crippen LogP contribution is 2.21. The van der Waals surface area contributed by atoms with E-state index in [0.717, 1.165) is 12.8 Å². The number of benzene rings is 1. The Labute approximate surface area is 144 Å². The first kappa shape index (κ1) is 16.2. The van der Waals surface area contributed by atoms with Crippen molar-refractivity contribution in [3.05, 3.63) is 47.2 Å². The van der Waals surface area contributed by atoms with Gasteiger partial charge in [-0.2, -0.15) is 10.4 Å². The van der Waals surface area contributed by atoms with Crippen LogP contribution in [0.1, 0.15) is 23.2 Å². The second kappa shape index (κ2) is 6.85. The van der Waals surface area contributed by atoms with Crippen LogP contribution in [0, 0.1) is 17.2 Å². The van der Waals surface area contributed by atoms with E-state index in [2.05, 4.69) is 5.10 Å². The minimum Gasteiger partial charge on any atom is -0.341 e. The molecule has 1 aromatic carbocycles. The van der Waals surface area contributed by atoms with Crippen molar-refractivity contribution in [2.75, 3.05) is 13.1 Å². The van der Waals surface area contributed by atoms with Gasteiger partial charge in [-0.25, -0.2) is 4.68 Å². The van der Waals surface area contributed by atoms with Gasteiger partial charge in [0.05, 0.1) is 28.5 Å². The van der Waals surface area contributed by atoms with Crippen molar-refractivity contribution in [3.8, 4) is 11.8 Å². The first-order chi connectivity index (χ1) is 11.6. The Bertz CT molecular complexity index is 818. The van der Waals surface area contributed by atoms with Crippen LogP contribution in [-0.4, -0.2) is 39.5 Å². The van der Waals surface area contributed by atoms with E-state index in [1.54, 1.807) is 29.2 Å². The van der Waals surface area contributed by atoms with Crippen LogP contribution in [0.2, 0.25) is 5.02 Å². The predicted molar refractivity (Wildman–Crippen MR) is 87.8 cm³/mol. The molecule has 0 radical (unpaired) electrons. The summed E-state index contributed by atoms with van der Waals surface area (Å²) in [5, 5.41) is 13.9. The molecule has 2 heterocycles. The predicted octanol–water partition coefficient (Wildman–Crippen LogP) is 2.47. The normalized spacial score (nSPS) is 15.1. The van der Waals surface area contributed by atoms with Crippen LogP contribution in [0.3, 0.4) is 0 Å². The van der Waals surface area contributed by atoms with Gasteiger partial charge >= 0.3 is 0 Å². The largest absolute Gasteiger partial charge is 0.341 e. The molecular weight excluding hydrogens is 328 g/mol. The van der Waals surface area contributed by atoms with Crippen LogP contribution in [0.15, 0.2) is 36.7 Å². The standard InChI is InChI=1S/C17H15ClN4O2/c18-14-5-1-2-6-15(14)22-11-12(10-20-22)16(23)13(9-19)17(24)21-7-3-4-8-21/h1-2,5-6,10-11,13H,3-4,7-8H2. The molecule has 1 aliphatic rings. The molecule has 0 N–H and O–H groups in total. The van der Waals surface area contributed by atoms with Crippen molar-refractivity contribution < 1.29 is 9.59 Å². The average molecular weight is 343 g/mol. The third-order valence-corrected chi connectivity index (χ3v) is 4.34. The molecule has 0 saturated carbocycles. The van der Waals surface area contributed by atoms with Gasteiger partial charge in [-0.3, -0.25) is 9.59 Å². The molecule has 0 spiro atoms. The van der Waals surface area contributed by atoms with E-state index in [1.807, 2.05) is 6.07 Å². The van der Waals surface area contributed by atoms with Crippen LogP contribution in [0.25, 0.3) is 5.69 Å². The fourth-order valence-electron chi connectivity index (χ4n) is 2.73. The monoisotopic (exact) mass is 342 g/mol. The number of carbonyl (C=O) groups excluding carboxylic acids is 2. The third kappa shape index (κ3) is 3.03. The highest BCUT2D eigenvalue weighted by atomic mass is 35.5. The number of rotatable bonds is 4. The quantitative estimate of drug-likeness (QED) is 0.631. The highest BCUT2D eigenvalue weighted by molar-refractivity contribution is 6.32. The zero-order valence-corrected chi connectivity index (χ0v) is 13.6. The fraction of sp³-hybridized carbons (Fsp3) is 0.294. The van der Waals surface area contributed by atoms with Gasteiger partial charge < -0.3 is 4.90 Å². The van der Waals surface area contributed by atoms with E-state index >= 15 is 0 Å². The summed E-state index contributed by atoms with van der Waals surface area (Å²) >= 11 is 6.12. The van der Waals surface area contributed by atoms with Crippen molar-refractivity contribution in [2.45, 2.75) is 12.8 Å². The number of likely N-dealkylation sites (tertiary alicyclic amines) is 1. The fourth-order valence-corrected chi connectivity index (χ4v) is 2.95. The molecule has 1 saturated heterocycles. The number of nitriles is 1. The Morgan fingerprint density at radius 1 is 1.25 bits per heavy atom. The van der Waals surface area contributed by atoms with Crippen molar-refractivity contribution in [2.24, 2.45) is 5.92 Å². The zero-order valence-electron chi connectivity index (χ0n) is 12.9.